The fraction of sp³-hybridized carbons (Fsp3) is 0.562. The molecule has 6 heteroatoms. The molecule has 2 aliphatic rings. The molecule has 0 bridgehead atoms. The molecule has 0 radical (unpaired) electrons. The number of carboxylic acid groups (broad SMARTS) is 1. The Balaban J connectivity index is 1.93. The second-order valence-electron chi connectivity index (χ2n) is 6.10. The van der Waals surface area contributed by atoms with Gasteiger partial charge < -0.3 is 14.7 Å². The summed E-state index contributed by atoms with van der Waals surface area (Å²) in [5.41, 5.74) is 1.08. The van der Waals surface area contributed by atoms with Crippen molar-refractivity contribution in [3.05, 3.63) is 23.4 Å². The second kappa shape index (κ2) is 5.59. The standard InChI is InChI=1S/C16H20N2O4/c1-9-6-7-12(14(17-9)22-2)15(19)18-8-10-4-3-5-11(10)13(18)16(20)21/h6-7,10-11,13H,3-5,8H2,1-2H3,(H,20,21). The van der Waals surface area contributed by atoms with Crippen LogP contribution in [-0.4, -0.2) is 46.6 Å². The summed E-state index contributed by atoms with van der Waals surface area (Å²) < 4.78 is 5.19. The summed E-state index contributed by atoms with van der Waals surface area (Å²) in [6.07, 6.45) is 2.94. The molecule has 2 fully saturated rings. The van der Waals surface area contributed by atoms with Crippen LogP contribution >= 0.6 is 0 Å². The van der Waals surface area contributed by atoms with E-state index in [1.165, 1.54) is 12.0 Å². The Labute approximate surface area is 129 Å². The number of hydrogen-bond acceptors (Lipinski definition) is 4. The van der Waals surface area contributed by atoms with Gasteiger partial charge in [0.1, 0.15) is 11.6 Å². The van der Waals surface area contributed by atoms with Gasteiger partial charge in [0.15, 0.2) is 0 Å². The van der Waals surface area contributed by atoms with Gasteiger partial charge in [-0.2, -0.15) is 0 Å². The number of aryl methyl sites for hydroxylation is 1. The van der Waals surface area contributed by atoms with E-state index < -0.39 is 12.0 Å². The Morgan fingerprint density at radius 2 is 2.14 bits per heavy atom. The summed E-state index contributed by atoms with van der Waals surface area (Å²) in [6.45, 7) is 2.33. The second-order valence-corrected chi connectivity index (χ2v) is 6.10. The third kappa shape index (κ3) is 2.32. The molecule has 1 aromatic heterocycles. The van der Waals surface area contributed by atoms with Gasteiger partial charge in [-0.3, -0.25) is 4.79 Å². The van der Waals surface area contributed by atoms with Crippen LogP contribution in [0.25, 0.3) is 0 Å². The monoisotopic (exact) mass is 304 g/mol. The summed E-state index contributed by atoms with van der Waals surface area (Å²) in [4.78, 5) is 30.2. The van der Waals surface area contributed by atoms with Gasteiger partial charge in [-0.1, -0.05) is 6.42 Å². The van der Waals surface area contributed by atoms with Gasteiger partial charge in [0, 0.05) is 12.2 Å². The van der Waals surface area contributed by atoms with Crippen molar-refractivity contribution in [2.75, 3.05) is 13.7 Å². The van der Waals surface area contributed by atoms with Gasteiger partial charge in [-0.05, 0) is 43.7 Å². The van der Waals surface area contributed by atoms with E-state index in [9.17, 15) is 14.7 Å². The van der Waals surface area contributed by atoms with Crippen LogP contribution in [0.4, 0.5) is 0 Å². The molecule has 1 aliphatic heterocycles. The zero-order valence-electron chi connectivity index (χ0n) is 12.8. The highest BCUT2D eigenvalue weighted by atomic mass is 16.5. The zero-order valence-corrected chi connectivity index (χ0v) is 12.8. The molecule has 2 heterocycles. The van der Waals surface area contributed by atoms with Crippen LogP contribution in [0, 0.1) is 18.8 Å². The van der Waals surface area contributed by atoms with Gasteiger partial charge in [-0.25, -0.2) is 9.78 Å². The van der Waals surface area contributed by atoms with Gasteiger partial charge in [0.2, 0.25) is 5.88 Å². The third-order valence-corrected chi connectivity index (χ3v) is 4.83. The number of carbonyl (C=O) groups excluding carboxylic acids is 1. The highest BCUT2D eigenvalue weighted by molar-refractivity contribution is 5.99. The van der Waals surface area contributed by atoms with E-state index in [0.717, 1.165) is 25.0 Å². The number of aromatic nitrogens is 1. The highest BCUT2D eigenvalue weighted by Gasteiger charge is 2.49. The maximum Gasteiger partial charge on any atom is 0.326 e. The van der Waals surface area contributed by atoms with Crippen molar-refractivity contribution in [3.8, 4) is 5.88 Å². The predicted molar refractivity (Wildman–Crippen MR) is 78.8 cm³/mol. The van der Waals surface area contributed by atoms with Crippen molar-refractivity contribution in [1.82, 2.24) is 9.88 Å². The normalized spacial score (nSPS) is 26.8. The van der Waals surface area contributed by atoms with E-state index in [2.05, 4.69) is 4.98 Å². The van der Waals surface area contributed by atoms with Gasteiger partial charge >= 0.3 is 5.97 Å². The SMILES string of the molecule is COc1nc(C)ccc1C(=O)N1CC2CCCC2C1C(=O)O. The lowest BCUT2D eigenvalue weighted by atomic mass is 9.94. The molecule has 22 heavy (non-hydrogen) atoms. The number of carboxylic acids is 1. The molecule has 0 aromatic carbocycles. The lowest BCUT2D eigenvalue weighted by Gasteiger charge is -2.25. The van der Waals surface area contributed by atoms with Crippen LogP contribution < -0.4 is 4.74 Å². The number of methoxy groups -OCH3 is 1. The Kier molecular flexibility index (Phi) is 3.76. The maximum atomic E-state index is 12.8. The number of ether oxygens (including phenoxy) is 1. The molecule has 3 unspecified atom stereocenters. The molecule has 118 valence electrons. The van der Waals surface area contributed by atoms with E-state index >= 15 is 0 Å². The summed E-state index contributed by atoms with van der Waals surface area (Å²) >= 11 is 0. The number of carbonyl (C=O) groups is 2. The van der Waals surface area contributed by atoms with Crippen molar-refractivity contribution < 1.29 is 19.4 Å². The summed E-state index contributed by atoms with van der Waals surface area (Å²) in [7, 11) is 1.46. The van der Waals surface area contributed by atoms with Crippen LogP contribution in [0.2, 0.25) is 0 Å². The fourth-order valence-corrected chi connectivity index (χ4v) is 3.84. The van der Waals surface area contributed by atoms with Gasteiger partial charge in [0.05, 0.1) is 7.11 Å². The quantitative estimate of drug-likeness (QED) is 0.920. The number of hydrogen-bond donors (Lipinski definition) is 1. The minimum absolute atomic E-state index is 0.0749. The van der Waals surface area contributed by atoms with Crippen molar-refractivity contribution in [3.63, 3.8) is 0 Å². The molecule has 3 atom stereocenters. The minimum Gasteiger partial charge on any atom is -0.480 e. The summed E-state index contributed by atoms with van der Waals surface area (Å²) in [6, 6.07) is 2.67. The first-order chi connectivity index (χ1) is 10.5. The molecule has 1 saturated heterocycles. The Morgan fingerprint density at radius 1 is 1.36 bits per heavy atom. The molecule has 6 nitrogen and oxygen atoms in total. The van der Waals surface area contributed by atoms with E-state index in [4.69, 9.17) is 4.74 Å². The van der Waals surface area contributed by atoms with Crippen LogP contribution in [0.1, 0.15) is 35.3 Å². The Bertz CT molecular complexity index is 616. The predicted octanol–water partition coefficient (Wildman–Crippen LogP) is 1.72. The molecule has 1 amide bonds. The molecular formula is C16H20N2O4. The molecule has 3 rings (SSSR count). The van der Waals surface area contributed by atoms with Crippen LogP contribution in [-0.2, 0) is 4.79 Å². The van der Waals surface area contributed by atoms with E-state index in [-0.39, 0.29) is 17.7 Å². The van der Waals surface area contributed by atoms with Crippen molar-refractivity contribution in [2.24, 2.45) is 11.8 Å². The first-order valence-electron chi connectivity index (χ1n) is 7.58. The third-order valence-electron chi connectivity index (χ3n) is 4.83. The smallest absolute Gasteiger partial charge is 0.326 e. The average molecular weight is 304 g/mol. The minimum atomic E-state index is -0.915. The molecule has 1 aliphatic carbocycles. The first-order valence-corrected chi connectivity index (χ1v) is 7.58. The fourth-order valence-electron chi connectivity index (χ4n) is 3.84. The molecule has 1 N–H and O–H groups in total. The van der Waals surface area contributed by atoms with Gasteiger partial charge in [-0.15, -0.1) is 0 Å². The number of fused-ring (bicyclic) bond motifs is 1. The molecule has 0 spiro atoms. The van der Waals surface area contributed by atoms with Crippen LogP contribution in [0.15, 0.2) is 12.1 Å². The first kappa shape index (κ1) is 14.8. The van der Waals surface area contributed by atoms with Crippen molar-refractivity contribution >= 4 is 11.9 Å². The van der Waals surface area contributed by atoms with E-state index in [0.29, 0.717) is 18.0 Å². The number of pyridine rings is 1. The number of likely N-dealkylation sites (tertiary alicyclic amines) is 1. The largest absolute Gasteiger partial charge is 0.480 e. The lowest BCUT2D eigenvalue weighted by molar-refractivity contribution is -0.142. The number of amides is 1. The molecule has 1 aromatic rings. The average Bonchev–Trinajstić information content (AvgIpc) is 3.06. The summed E-state index contributed by atoms with van der Waals surface area (Å²) in [5, 5.41) is 9.56. The van der Waals surface area contributed by atoms with E-state index in [1.807, 2.05) is 6.92 Å². The van der Waals surface area contributed by atoms with Gasteiger partial charge in [0.25, 0.3) is 5.91 Å². The van der Waals surface area contributed by atoms with Crippen LogP contribution in [0.3, 0.4) is 0 Å². The Morgan fingerprint density at radius 3 is 2.82 bits per heavy atom. The number of nitrogens with zero attached hydrogens (tertiary/aromatic N) is 2. The number of aliphatic carboxylic acids is 1. The zero-order chi connectivity index (χ0) is 15.9. The maximum absolute atomic E-state index is 12.8. The topological polar surface area (TPSA) is 79.7 Å². The van der Waals surface area contributed by atoms with Crippen molar-refractivity contribution in [1.29, 1.82) is 0 Å². The highest BCUT2D eigenvalue weighted by Crippen LogP contribution is 2.43. The molecule has 1 saturated carbocycles. The number of rotatable bonds is 3. The molecular weight excluding hydrogens is 284 g/mol. The van der Waals surface area contributed by atoms with Crippen LogP contribution in [0.5, 0.6) is 5.88 Å². The lowest BCUT2D eigenvalue weighted by Crippen LogP contribution is -2.43. The van der Waals surface area contributed by atoms with E-state index in [1.54, 1.807) is 12.1 Å². The van der Waals surface area contributed by atoms with Crippen molar-refractivity contribution in [2.45, 2.75) is 32.2 Å². The summed E-state index contributed by atoms with van der Waals surface area (Å²) in [5.74, 6) is -0.584. The Hall–Kier alpha value is -2.11.